The van der Waals surface area contributed by atoms with Crippen molar-refractivity contribution in [2.45, 2.75) is 25.1 Å². The number of benzene rings is 1. The van der Waals surface area contributed by atoms with E-state index in [4.69, 9.17) is 11.6 Å². The van der Waals surface area contributed by atoms with Gasteiger partial charge in [-0.1, -0.05) is 0 Å². The minimum atomic E-state index is -4.52. The maximum absolute atomic E-state index is 13.8. The van der Waals surface area contributed by atoms with Crippen LogP contribution in [0.5, 0.6) is 0 Å². The zero-order valence-corrected chi connectivity index (χ0v) is 10.2. The van der Waals surface area contributed by atoms with Crippen LogP contribution >= 0.6 is 11.6 Å². The molecule has 0 aliphatic heterocycles. The third-order valence-electron chi connectivity index (χ3n) is 2.90. The first-order valence-electron chi connectivity index (χ1n) is 5.63. The first-order valence-corrected chi connectivity index (χ1v) is 6.16. The molecule has 6 heteroatoms. The minimum Gasteiger partial charge on any atom is -0.365 e. The normalized spacial score (nSPS) is 15.8. The van der Waals surface area contributed by atoms with E-state index in [9.17, 15) is 17.6 Å². The van der Waals surface area contributed by atoms with Gasteiger partial charge in [-0.2, -0.15) is 13.2 Å². The Balaban J connectivity index is 2.28. The van der Waals surface area contributed by atoms with E-state index in [1.54, 1.807) is 4.90 Å². The molecule has 1 saturated carbocycles. The van der Waals surface area contributed by atoms with Crippen LogP contribution in [0.4, 0.5) is 23.2 Å². The van der Waals surface area contributed by atoms with Gasteiger partial charge in [0.15, 0.2) is 0 Å². The van der Waals surface area contributed by atoms with Crippen molar-refractivity contribution < 1.29 is 17.6 Å². The highest BCUT2D eigenvalue weighted by Gasteiger charge is 2.34. The summed E-state index contributed by atoms with van der Waals surface area (Å²) in [7, 11) is 0. The number of rotatable bonds is 4. The molecule has 1 nitrogen and oxygen atoms in total. The monoisotopic (exact) mass is 281 g/mol. The van der Waals surface area contributed by atoms with Gasteiger partial charge in [0.2, 0.25) is 0 Å². The fourth-order valence-electron chi connectivity index (χ4n) is 1.89. The van der Waals surface area contributed by atoms with Gasteiger partial charge in [-0.25, -0.2) is 4.39 Å². The Morgan fingerprint density at radius 2 is 1.94 bits per heavy atom. The lowest BCUT2D eigenvalue weighted by molar-refractivity contribution is -0.137. The largest absolute Gasteiger partial charge is 0.416 e. The van der Waals surface area contributed by atoms with Crippen LogP contribution < -0.4 is 4.90 Å². The Morgan fingerprint density at radius 1 is 1.28 bits per heavy atom. The van der Waals surface area contributed by atoms with Crippen LogP contribution in [0, 0.1) is 5.82 Å². The summed E-state index contributed by atoms with van der Waals surface area (Å²) in [6, 6.07) is 2.83. The second-order valence-corrected chi connectivity index (χ2v) is 4.66. The molecule has 1 aromatic rings. The first-order chi connectivity index (χ1) is 8.43. The van der Waals surface area contributed by atoms with Crippen molar-refractivity contribution in [3.8, 4) is 0 Å². The molecule has 1 aliphatic rings. The van der Waals surface area contributed by atoms with Gasteiger partial charge < -0.3 is 4.90 Å². The zero-order valence-electron chi connectivity index (χ0n) is 9.47. The van der Waals surface area contributed by atoms with Gasteiger partial charge >= 0.3 is 6.18 Å². The van der Waals surface area contributed by atoms with Crippen molar-refractivity contribution in [3.63, 3.8) is 0 Å². The lowest BCUT2D eigenvalue weighted by atomic mass is 10.1. The lowest BCUT2D eigenvalue weighted by Gasteiger charge is -2.24. The molecular weight excluding hydrogens is 270 g/mol. The molecule has 1 aliphatic carbocycles. The summed E-state index contributed by atoms with van der Waals surface area (Å²) in [4.78, 5) is 1.74. The van der Waals surface area contributed by atoms with Crippen LogP contribution in [0.2, 0.25) is 0 Å². The second-order valence-electron chi connectivity index (χ2n) is 4.28. The van der Waals surface area contributed by atoms with Crippen molar-refractivity contribution >= 4 is 17.3 Å². The van der Waals surface area contributed by atoms with Gasteiger partial charge in [0.1, 0.15) is 5.82 Å². The summed E-state index contributed by atoms with van der Waals surface area (Å²) >= 11 is 5.63. The van der Waals surface area contributed by atoms with Crippen LogP contribution in [0.15, 0.2) is 18.2 Å². The Morgan fingerprint density at radius 3 is 2.39 bits per heavy atom. The Labute approximate surface area is 107 Å². The number of nitrogens with zero attached hydrogens (tertiary/aromatic N) is 1. The van der Waals surface area contributed by atoms with E-state index in [-0.39, 0.29) is 11.7 Å². The average molecular weight is 282 g/mol. The summed E-state index contributed by atoms with van der Waals surface area (Å²) < 4.78 is 51.0. The van der Waals surface area contributed by atoms with Crippen molar-refractivity contribution in [2.75, 3.05) is 17.3 Å². The van der Waals surface area contributed by atoms with Gasteiger partial charge in [-0.05, 0) is 31.0 Å². The highest BCUT2D eigenvalue weighted by atomic mass is 35.5. The highest BCUT2D eigenvalue weighted by molar-refractivity contribution is 6.18. The van der Waals surface area contributed by atoms with E-state index in [0.29, 0.717) is 18.5 Å². The van der Waals surface area contributed by atoms with Gasteiger partial charge in [0.05, 0.1) is 11.3 Å². The van der Waals surface area contributed by atoms with Crippen molar-refractivity contribution in [2.24, 2.45) is 0 Å². The van der Waals surface area contributed by atoms with E-state index >= 15 is 0 Å². The molecule has 0 unspecified atom stereocenters. The van der Waals surface area contributed by atoms with Gasteiger partial charge in [0, 0.05) is 18.5 Å². The SMILES string of the molecule is Fc1cc(C(F)(F)F)ccc1N(CCCl)C1CC1. The predicted molar refractivity (Wildman–Crippen MR) is 62.5 cm³/mol. The summed E-state index contributed by atoms with van der Waals surface area (Å²) in [5.74, 6) is -0.529. The molecule has 2 rings (SSSR count). The molecule has 0 saturated heterocycles. The summed E-state index contributed by atoms with van der Waals surface area (Å²) in [6.07, 6.45) is -2.66. The fourth-order valence-corrected chi connectivity index (χ4v) is 2.08. The third kappa shape index (κ3) is 2.88. The molecular formula is C12H12ClF4N. The Hall–Kier alpha value is -0.970. The zero-order chi connectivity index (χ0) is 13.3. The average Bonchev–Trinajstić information content (AvgIpc) is 3.09. The second kappa shape index (κ2) is 4.96. The van der Waals surface area contributed by atoms with E-state index in [2.05, 4.69) is 0 Å². The quantitative estimate of drug-likeness (QED) is 0.594. The molecule has 0 spiro atoms. The van der Waals surface area contributed by atoms with E-state index in [0.717, 1.165) is 18.9 Å². The number of halogens is 5. The van der Waals surface area contributed by atoms with Crippen LogP contribution in [0.25, 0.3) is 0 Å². The lowest BCUT2D eigenvalue weighted by Crippen LogP contribution is -2.28. The molecule has 0 N–H and O–H groups in total. The molecule has 100 valence electrons. The molecule has 0 amide bonds. The molecule has 1 fully saturated rings. The fraction of sp³-hybridized carbons (Fsp3) is 0.500. The topological polar surface area (TPSA) is 3.24 Å². The Bertz CT molecular complexity index is 429. The van der Waals surface area contributed by atoms with E-state index in [1.807, 2.05) is 0 Å². The maximum Gasteiger partial charge on any atom is 0.416 e. The third-order valence-corrected chi connectivity index (χ3v) is 3.07. The van der Waals surface area contributed by atoms with Crippen molar-refractivity contribution in [3.05, 3.63) is 29.6 Å². The van der Waals surface area contributed by atoms with Crippen molar-refractivity contribution in [1.29, 1.82) is 0 Å². The van der Waals surface area contributed by atoms with Gasteiger partial charge in [0.25, 0.3) is 0 Å². The molecule has 0 bridgehead atoms. The molecule has 0 aromatic heterocycles. The highest BCUT2D eigenvalue weighted by Crippen LogP contribution is 2.36. The van der Waals surface area contributed by atoms with Crippen LogP contribution in [0.3, 0.4) is 0 Å². The molecule has 0 heterocycles. The maximum atomic E-state index is 13.8. The molecule has 0 radical (unpaired) electrons. The molecule has 18 heavy (non-hydrogen) atoms. The van der Waals surface area contributed by atoms with Crippen LogP contribution in [0.1, 0.15) is 18.4 Å². The van der Waals surface area contributed by atoms with E-state index < -0.39 is 17.6 Å². The number of hydrogen-bond donors (Lipinski definition) is 0. The smallest absolute Gasteiger partial charge is 0.365 e. The molecule has 1 aromatic carbocycles. The number of hydrogen-bond acceptors (Lipinski definition) is 1. The number of alkyl halides is 4. The van der Waals surface area contributed by atoms with E-state index in [1.165, 1.54) is 6.07 Å². The van der Waals surface area contributed by atoms with Crippen LogP contribution in [-0.4, -0.2) is 18.5 Å². The number of anilines is 1. The van der Waals surface area contributed by atoms with Crippen LogP contribution in [-0.2, 0) is 6.18 Å². The molecule has 0 atom stereocenters. The predicted octanol–water partition coefficient (Wildman–Crippen LogP) is 4.05. The first kappa shape index (κ1) is 13.5. The summed E-state index contributed by atoms with van der Waals surface area (Å²) in [5.41, 5.74) is -0.767. The summed E-state index contributed by atoms with van der Waals surface area (Å²) in [5, 5.41) is 0. The summed E-state index contributed by atoms with van der Waals surface area (Å²) in [6.45, 7) is 0.439. The Kier molecular flexibility index (Phi) is 3.71. The van der Waals surface area contributed by atoms with Gasteiger partial charge in [-0.15, -0.1) is 11.6 Å². The standard InChI is InChI=1S/C12H12ClF4N/c13-5-6-18(9-2-3-9)11-4-1-8(7-10(11)14)12(15,16)17/h1,4,7,9H,2-3,5-6H2. The van der Waals surface area contributed by atoms with Crippen molar-refractivity contribution in [1.82, 2.24) is 0 Å². The van der Waals surface area contributed by atoms with Gasteiger partial charge in [-0.3, -0.25) is 0 Å². The minimum absolute atomic E-state index is 0.200.